The van der Waals surface area contributed by atoms with Gasteiger partial charge in [0.05, 0.1) is 11.3 Å². The summed E-state index contributed by atoms with van der Waals surface area (Å²) in [4.78, 5) is 11.5. The molecule has 0 bridgehead atoms. The highest BCUT2D eigenvalue weighted by atomic mass is 16.4. The van der Waals surface area contributed by atoms with E-state index in [0.29, 0.717) is 5.69 Å². The van der Waals surface area contributed by atoms with Crippen molar-refractivity contribution in [3.8, 4) is 0 Å². The first-order valence-electron chi connectivity index (χ1n) is 8.30. The van der Waals surface area contributed by atoms with E-state index in [1.165, 1.54) is 5.56 Å². The fourth-order valence-corrected chi connectivity index (χ4v) is 2.95. The smallest absolute Gasteiger partial charge is 0.337 e. The fraction of sp³-hybridized carbons (Fsp3) is 0.190. The number of carboxylic acid groups (broad SMARTS) is 1. The molecular weight excluding hydrogens is 298 g/mol. The third kappa shape index (κ3) is 3.25. The van der Waals surface area contributed by atoms with Gasteiger partial charge in [0.1, 0.15) is 0 Å². The lowest BCUT2D eigenvalue weighted by atomic mass is 9.99. The van der Waals surface area contributed by atoms with Gasteiger partial charge in [0.2, 0.25) is 0 Å². The SMILES string of the molecule is CCCCc1ccc2ccccc2c1Nc1ccccc1C(=O)O. The molecule has 3 aromatic carbocycles. The number of hydrogen-bond donors (Lipinski definition) is 2. The number of nitrogens with one attached hydrogen (secondary N) is 1. The van der Waals surface area contributed by atoms with E-state index >= 15 is 0 Å². The van der Waals surface area contributed by atoms with Gasteiger partial charge in [-0.2, -0.15) is 0 Å². The number of unbranched alkanes of at least 4 members (excludes halogenated alkanes) is 1. The van der Waals surface area contributed by atoms with Crippen LogP contribution in [0, 0.1) is 0 Å². The van der Waals surface area contributed by atoms with E-state index in [-0.39, 0.29) is 5.56 Å². The zero-order chi connectivity index (χ0) is 16.9. The van der Waals surface area contributed by atoms with Gasteiger partial charge in [-0.25, -0.2) is 4.79 Å². The maximum atomic E-state index is 11.5. The summed E-state index contributed by atoms with van der Waals surface area (Å²) < 4.78 is 0. The lowest BCUT2D eigenvalue weighted by molar-refractivity contribution is 0.0698. The molecule has 0 saturated carbocycles. The molecule has 2 N–H and O–H groups in total. The molecule has 0 atom stereocenters. The van der Waals surface area contributed by atoms with Crippen molar-refractivity contribution in [2.45, 2.75) is 26.2 Å². The molecule has 0 aromatic heterocycles. The summed E-state index contributed by atoms with van der Waals surface area (Å²) in [7, 11) is 0. The number of para-hydroxylation sites is 1. The molecule has 0 unspecified atom stereocenters. The number of aryl methyl sites for hydroxylation is 1. The molecule has 0 aliphatic carbocycles. The number of aromatic carboxylic acids is 1. The van der Waals surface area contributed by atoms with Gasteiger partial charge in [-0.15, -0.1) is 0 Å². The third-order valence-corrected chi connectivity index (χ3v) is 4.23. The molecule has 0 aliphatic heterocycles. The molecule has 0 saturated heterocycles. The predicted octanol–water partition coefficient (Wildman–Crippen LogP) is 5.62. The third-order valence-electron chi connectivity index (χ3n) is 4.23. The molecule has 0 aliphatic rings. The molecule has 122 valence electrons. The molecule has 3 nitrogen and oxygen atoms in total. The van der Waals surface area contributed by atoms with Gasteiger partial charge in [-0.1, -0.05) is 61.9 Å². The van der Waals surface area contributed by atoms with Crippen LogP contribution in [0.1, 0.15) is 35.7 Å². The van der Waals surface area contributed by atoms with Crippen molar-refractivity contribution < 1.29 is 9.90 Å². The van der Waals surface area contributed by atoms with E-state index in [4.69, 9.17) is 0 Å². The van der Waals surface area contributed by atoms with E-state index < -0.39 is 5.97 Å². The second kappa shape index (κ2) is 7.18. The normalized spacial score (nSPS) is 10.7. The van der Waals surface area contributed by atoms with Crippen molar-refractivity contribution in [1.82, 2.24) is 0 Å². The molecule has 0 heterocycles. The summed E-state index contributed by atoms with van der Waals surface area (Å²) in [6.45, 7) is 2.17. The highest BCUT2D eigenvalue weighted by molar-refractivity contribution is 6.00. The van der Waals surface area contributed by atoms with Crippen molar-refractivity contribution in [1.29, 1.82) is 0 Å². The highest BCUT2D eigenvalue weighted by Gasteiger charge is 2.13. The molecule has 0 fully saturated rings. The Morgan fingerprint density at radius 1 is 1.00 bits per heavy atom. The van der Waals surface area contributed by atoms with Gasteiger partial charge in [-0.05, 0) is 35.9 Å². The molecule has 3 aromatic rings. The molecule has 3 rings (SSSR count). The zero-order valence-corrected chi connectivity index (χ0v) is 13.8. The summed E-state index contributed by atoms with van der Waals surface area (Å²) in [5.74, 6) is -0.923. The second-order valence-corrected chi connectivity index (χ2v) is 5.90. The minimum atomic E-state index is -0.923. The largest absolute Gasteiger partial charge is 0.478 e. The maximum Gasteiger partial charge on any atom is 0.337 e. The summed E-state index contributed by atoms with van der Waals surface area (Å²) in [5.41, 5.74) is 3.14. The Hall–Kier alpha value is -2.81. The quantitative estimate of drug-likeness (QED) is 0.619. The van der Waals surface area contributed by atoms with Crippen LogP contribution in [0.2, 0.25) is 0 Å². The Kier molecular flexibility index (Phi) is 4.80. The summed E-state index contributed by atoms with van der Waals surface area (Å²) in [6, 6.07) is 19.5. The van der Waals surface area contributed by atoms with Gasteiger partial charge in [-0.3, -0.25) is 0 Å². The van der Waals surface area contributed by atoms with Crippen LogP contribution in [0.4, 0.5) is 11.4 Å². The molecule has 0 spiro atoms. The predicted molar refractivity (Wildman–Crippen MR) is 99.2 cm³/mol. The van der Waals surface area contributed by atoms with Crippen LogP contribution in [0.5, 0.6) is 0 Å². The number of fused-ring (bicyclic) bond motifs is 1. The topological polar surface area (TPSA) is 49.3 Å². The molecule has 0 radical (unpaired) electrons. The monoisotopic (exact) mass is 319 g/mol. The van der Waals surface area contributed by atoms with Crippen molar-refractivity contribution in [3.05, 3.63) is 71.8 Å². The standard InChI is InChI=1S/C21H21NO2/c1-2-3-8-16-14-13-15-9-4-5-10-17(15)20(16)22-19-12-7-6-11-18(19)21(23)24/h4-7,9-14,22H,2-3,8H2,1H3,(H,23,24). The Balaban J connectivity index is 2.11. The van der Waals surface area contributed by atoms with Crippen molar-refractivity contribution in [2.75, 3.05) is 5.32 Å². The molecule has 3 heteroatoms. The van der Waals surface area contributed by atoms with E-state index in [1.807, 2.05) is 24.3 Å². The molecule has 0 amide bonds. The minimum absolute atomic E-state index is 0.284. The average molecular weight is 319 g/mol. The van der Waals surface area contributed by atoms with Crippen LogP contribution in [0.25, 0.3) is 10.8 Å². The maximum absolute atomic E-state index is 11.5. The summed E-state index contributed by atoms with van der Waals surface area (Å²) in [5, 5.41) is 15.1. The van der Waals surface area contributed by atoms with E-state index in [0.717, 1.165) is 35.7 Å². The van der Waals surface area contributed by atoms with Crippen LogP contribution in [-0.2, 0) is 6.42 Å². The van der Waals surface area contributed by atoms with E-state index in [1.54, 1.807) is 12.1 Å². The first kappa shape index (κ1) is 16.1. The fourth-order valence-electron chi connectivity index (χ4n) is 2.95. The Morgan fingerprint density at radius 2 is 1.75 bits per heavy atom. The number of anilines is 2. The van der Waals surface area contributed by atoms with Gasteiger partial charge in [0.25, 0.3) is 0 Å². The van der Waals surface area contributed by atoms with E-state index in [9.17, 15) is 9.90 Å². The van der Waals surface area contributed by atoms with Crippen molar-refractivity contribution >= 4 is 28.1 Å². The van der Waals surface area contributed by atoms with Gasteiger partial charge >= 0.3 is 5.97 Å². The van der Waals surface area contributed by atoms with Crippen molar-refractivity contribution in [2.24, 2.45) is 0 Å². The number of benzene rings is 3. The van der Waals surface area contributed by atoms with Crippen LogP contribution in [0.15, 0.2) is 60.7 Å². The lowest BCUT2D eigenvalue weighted by Gasteiger charge is -2.16. The van der Waals surface area contributed by atoms with Gasteiger partial charge in [0.15, 0.2) is 0 Å². The first-order valence-corrected chi connectivity index (χ1v) is 8.30. The summed E-state index contributed by atoms with van der Waals surface area (Å²) in [6.07, 6.45) is 3.20. The lowest BCUT2D eigenvalue weighted by Crippen LogP contribution is -2.04. The molecular formula is C21H21NO2. The van der Waals surface area contributed by atoms with Gasteiger partial charge in [0, 0.05) is 11.1 Å². The highest BCUT2D eigenvalue weighted by Crippen LogP contribution is 2.32. The Labute approximate surface area is 142 Å². The minimum Gasteiger partial charge on any atom is -0.478 e. The number of hydrogen-bond acceptors (Lipinski definition) is 2. The van der Waals surface area contributed by atoms with Crippen LogP contribution in [0.3, 0.4) is 0 Å². The summed E-state index contributed by atoms with van der Waals surface area (Å²) >= 11 is 0. The average Bonchev–Trinajstić information content (AvgIpc) is 2.61. The molecule has 24 heavy (non-hydrogen) atoms. The van der Waals surface area contributed by atoms with Crippen molar-refractivity contribution in [3.63, 3.8) is 0 Å². The Morgan fingerprint density at radius 3 is 2.54 bits per heavy atom. The zero-order valence-electron chi connectivity index (χ0n) is 13.8. The number of rotatable bonds is 6. The Bertz CT molecular complexity index is 871. The van der Waals surface area contributed by atoms with Crippen LogP contribution < -0.4 is 5.32 Å². The second-order valence-electron chi connectivity index (χ2n) is 5.90. The van der Waals surface area contributed by atoms with Crippen LogP contribution in [-0.4, -0.2) is 11.1 Å². The van der Waals surface area contributed by atoms with Gasteiger partial charge < -0.3 is 10.4 Å². The van der Waals surface area contributed by atoms with Crippen LogP contribution >= 0.6 is 0 Å². The first-order chi connectivity index (χ1) is 11.7. The number of carbonyl (C=O) groups is 1. The van der Waals surface area contributed by atoms with E-state index in [2.05, 4.69) is 36.5 Å². The number of carboxylic acids is 1.